The number of rotatable bonds is 4. The molecule has 27 heavy (non-hydrogen) atoms. The minimum atomic E-state index is -0.432. The van der Waals surface area contributed by atoms with Crippen LogP contribution in [0, 0.1) is 11.7 Å². The van der Waals surface area contributed by atoms with Crippen molar-refractivity contribution >= 4 is 23.3 Å². The van der Waals surface area contributed by atoms with Gasteiger partial charge in [0, 0.05) is 37.7 Å². The molecule has 0 radical (unpaired) electrons. The monoisotopic (exact) mass is 392 g/mol. The summed E-state index contributed by atoms with van der Waals surface area (Å²) in [7, 11) is 0. The summed E-state index contributed by atoms with van der Waals surface area (Å²) in [5.74, 6) is 1.07. The van der Waals surface area contributed by atoms with Gasteiger partial charge in [-0.1, -0.05) is 25.4 Å². The summed E-state index contributed by atoms with van der Waals surface area (Å²) in [5.41, 5.74) is 0. The number of piperazine rings is 1. The van der Waals surface area contributed by atoms with Crippen LogP contribution in [0.5, 0.6) is 11.6 Å². The van der Waals surface area contributed by atoms with Crippen LogP contribution < -0.4 is 9.64 Å². The number of hydrogen-bond acceptors (Lipinski definition) is 5. The molecule has 0 unspecified atom stereocenters. The van der Waals surface area contributed by atoms with Crippen molar-refractivity contribution in [1.29, 1.82) is 0 Å². The topological polar surface area (TPSA) is 58.6 Å². The quantitative estimate of drug-likeness (QED) is 0.793. The molecule has 1 fully saturated rings. The molecule has 0 N–H and O–H groups in total. The van der Waals surface area contributed by atoms with Crippen molar-refractivity contribution in [2.75, 3.05) is 24.5 Å². The molecule has 1 amide bonds. The lowest BCUT2D eigenvalue weighted by atomic mass is 10.1. The average molecular weight is 393 g/mol. The second kappa shape index (κ2) is 8.08. The molecule has 3 rings (SSSR count). The second-order valence-corrected chi connectivity index (χ2v) is 7.28. The lowest BCUT2D eigenvalue weighted by molar-refractivity contribution is -0.136. The molecule has 6 nitrogen and oxygen atoms in total. The Bertz CT molecular complexity index is 833. The zero-order valence-electron chi connectivity index (χ0n) is 15.5. The molecular formula is C19H22ClFN4O2. The van der Waals surface area contributed by atoms with E-state index in [9.17, 15) is 9.18 Å². The predicted octanol–water partition coefficient (Wildman–Crippen LogP) is 3.75. The van der Waals surface area contributed by atoms with Gasteiger partial charge >= 0.3 is 0 Å². The number of aromatic nitrogens is 2. The summed E-state index contributed by atoms with van der Waals surface area (Å²) in [6, 6.07) is 5.71. The fourth-order valence-corrected chi connectivity index (χ4v) is 3.26. The Hall–Kier alpha value is -2.41. The zero-order chi connectivity index (χ0) is 19.6. The van der Waals surface area contributed by atoms with E-state index in [1.807, 2.05) is 25.7 Å². The average Bonchev–Trinajstić information content (AvgIpc) is 2.63. The number of ether oxygens (including phenoxy) is 1. The first kappa shape index (κ1) is 19.4. The number of benzene rings is 1. The molecule has 0 bridgehead atoms. The molecule has 0 aliphatic carbocycles. The molecule has 0 spiro atoms. The number of nitrogens with zero attached hydrogens (tertiary/aromatic N) is 4. The summed E-state index contributed by atoms with van der Waals surface area (Å²) < 4.78 is 18.8. The molecule has 1 aromatic heterocycles. The number of carbonyl (C=O) groups excluding carboxylic acids is 1. The van der Waals surface area contributed by atoms with Gasteiger partial charge in [0.2, 0.25) is 11.8 Å². The first-order chi connectivity index (χ1) is 12.8. The number of hydrogen-bond donors (Lipinski definition) is 0. The van der Waals surface area contributed by atoms with Crippen molar-refractivity contribution in [2.45, 2.75) is 26.8 Å². The van der Waals surface area contributed by atoms with E-state index < -0.39 is 5.82 Å². The summed E-state index contributed by atoms with van der Waals surface area (Å²) >= 11 is 6.00. The Morgan fingerprint density at radius 2 is 2.07 bits per heavy atom. The van der Waals surface area contributed by atoms with Gasteiger partial charge in [-0.15, -0.1) is 0 Å². The highest BCUT2D eigenvalue weighted by Crippen LogP contribution is 2.30. The standard InChI is InChI=1S/C19H22ClFN4O2/c1-12(2)19(26)25-7-6-24(10-13(25)3)17-9-18(23-11-22-17)27-16-5-4-14(21)8-15(16)20/h4-5,8-9,11-13H,6-7,10H2,1-3H3/t13-/m1/s1. The van der Waals surface area contributed by atoms with E-state index in [1.54, 1.807) is 6.07 Å². The van der Waals surface area contributed by atoms with Crippen molar-refractivity contribution in [3.63, 3.8) is 0 Å². The smallest absolute Gasteiger partial charge is 0.225 e. The molecule has 144 valence electrons. The first-order valence-corrected chi connectivity index (χ1v) is 9.23. The van der Waals surface area contributed by atoms with E-state index in [2.05, 4.69) is 14.9 Å². The minimum absolute atomic E-state index is 0.0153. The zero-order valence-corrected chi connectivity index (χ0v) is 16.3. The third kappa shape index (κ3) is 4.47. The van der Waals surface area contributed by atoms with Crippen LogP contribution in [0.2, 0.25) is 5.02 Å². The van der Waals surface area contributed by atoms with Gasteiger partial charge in [-0.2, -0.15) is 0 Å². The molecule has 2 aromatic rings. The van der Waals surface area contributed by atoms with Crippen LogP contribution in [-0.2, 0) is 4.79 Å². The molecule has 1 aromatic carbocycles. The van der Waals surface area contributed by atoms with Gasteiger partial charge in [0.05, 0.1) is 5.02 Å². The Morgan fingerprint density at radius 1 is 1.30 bits per heavy atom. The summed E-state index contributed by atoms with van der Waals surface area (Å²) in [5, 5.41) is 0.171. The van der Waals surface area contributed by atoms with E-state index in [-0.39, 0.29) is 22.9 Å². The summed E-state index contributed by atoms with van der Waals surface area (Å²) in [6.07, 6.45) is 1.42. The highest BCUT2D eigenvalue weighted by molar-refractivity contribution is 6.32. The van der Waals surface area contributed by atoms with Gasteiger partial charge in [0.15, 0.2) is 0 Å². The fraction of sp³-hybridized carbons (Fsp3) is 0.421. The van der Waals surface area contributed by atoms with E-state index in [0.717, 1.165) is 0 Å². The Kier molecular flexibility index (Phi) is 5.79. The van der Waals surface area contributed by atoms with Gasteiger partial charge < -0.3 is 14.5 Å². The van der Waals surface area contributed by atoms with Gasteiger partial charge in [-0.05, 0) is 25.1 Å². The molecule has 1 aliphatic heterocycles. The number of halogens is 2. The highest BCUT2D eigenvalue weighted by Gasteiger charge is 2.29. The predicted molar refractivity (Wildman–Crippen MR) is 102 cm³/mol. The Labute approximate surface area is 162 Å². The maximum atomic E-state index is 13.2. The van der Waals surface area contributed by atoms with Crippen LogP contribution in [0.1, 0.15) is 20.8 Å². The van der Waals surface area contributed by atoms with Crippen molar-refractivity contribution in [3.8, 4) is 11.6 Å². The van der Waals surface area contributed by atoms with E-state index in [1.165, 1.54) is 24.5 Å². The van der Waals surface area contributed by atoms with Crippen LogP contribution >= 0.6 is 11.6 Å². The molecule has 0 saturated carbocycles. The third-order valence-electron chi connectivity index (χ3n) is 4.46. The molecule has 1 aliphatic rings. The molecule has 1 atom stereocenters. The first-order valence-electron chi connectivity index (χ1n) is 8.85. The minimum Gasteiger partial charge on any atom is -0.437 e. The van der Waals surface area contributed by atoms with Crippen molar-refractivity contribution in [3.05, 3.63) is 41.4 Å². The van der Waals surface area contributed by atoms with Gasteiger partial charge in [-0.25, -0.2) is 14.4 Å². The highest BCUT2D eigenvalue weighted by atomic mass is 35.5. The van der Waals surface area contributed by atoms with E-state index in [0.29, 0.717) is 37.1 Å². The van der Waals surface area contributed by atoms with E-state index >= 15 is 0 Å². The van der Waals surface area contributed by atoms with Gasteiger partial charge in [0.1, 0.15) is 23.7 Å². The van der Waals surface area contributed by atoms with Crippen LogP contribution in [0.25, 0.3) is 0 Å². The Morgan fingerprint density at radius 3 is 2.74 bits per heavy atom. The van der Waals surface area contributed by atoms with Crippen LogP contribution in [0.4, 0.5) is 10.2 Å². The lowest BCUT2D eigenvalue weighted by Crippen LogP contribution is -2.55. The normalized spacial score (nSPS) is 17.3. The second-order valence-electron chi connectivity index (χ2n) is 6.87. The SMILES string of the molecule is CC(C)C(=O)N1CCN(c2cc(Oc3ccc(F)cc3Cl)ncn2)C[C@H]1C. The maximum absolute atomic E-state index is 13.2. The number of amides is 1. The van der Waals surface area contributed by atoms with Crippen LogP contribution in [-0.4, -0.2) is 46.5 Å². The molecule has 1 saturated heterocycles. The molecular weight excluding hydrogens is 371 g/mol. The van der Waals surface area contributed by atoms with E-state index in [4.69, 9.17) is 16.3 Å². The molecule has 8 heteroatoms. The summed E-state index contributed by atoms with van der Waals surface area (Å²) in [4.78, 5) is 24.7. The fourth-order valence-electron chi connectivity index (χ4n) is 3.05. The maximum Gasteiger partial charge on any atom is 0.225 e. The van der Waals surface area contributed by atoms with Crippen molar-refractivity contribution in [2.24, 2.45) is 5.92 Å². The molecule has 2 heterocycles. The summed E-state index contributed by atoms with van der Waals surface area (Å²) in [6.45, 7) is 7.85. The third-order valence-corrected chi connectivity index (χ3v) is 4.76. The lowest BCUT2D eigenvalue weighted by Gasteiger charge is -2.41. The largest absolute Gasteiger partial charge is 0.437 e. The number of anilines is 1. The number of carbonyl (C=O) groups is 1. The van der Waals surface area contributed by atoms with Crippen molar-refractivity contribution in [1.82, 2.24) is 14.9 Å². The van der Waals surface area contributed by atoms with Crippen LogP contribution in [0.3, 0.4) is 0 Å². The van der Waals surface area contributed by atoms with Gasteiger partial charge in [0.25, 0.3) is 0 Å². The van der Waals surface area contributed by atoms with Gasteiger partial charge in [-0.3, -0.25) is 4.79 Å². The van der Waals surface area contributed by atoms with Crippen molar-refractivity contribution < 1.29 is 13.9 Å². The Balaban J connectivity index is 1.72. The van der Waals surface area contributed by atoms with Crippen LogP contribution in [0.15, 0.2) is 30.6 Å².